The predicted octanol–water partition coefficient (Wildman–Crippen LogP) is 4.26. The van der Waals surface area contributed by atoms with Crippen molar-refractivity contribution in [2.45, 2.75) is 27.2 Å². The Kier molecular flexibility index (Phi) is 4.82. The Balaban J connectivity index is 1.78. The number of nitrogens with zero attached hydrogens (tertiary/aromatic N) is 1. The third-order valence-corrected chi connectivity index (χ3v) is 4.90. The summed E-state index contributed by atoms with van der Waals surface area (Å²) in [4.78, 5) is 26.9. The summed E-state index contributed by atoms with van der Waals surface area (Å²) in [5.74, 6) is -0.530. The van der Waals surface area contributed by atoms with Crippen LogP contribution in [0.3, 0.4) is 0 Å². The first-order valence-corrected chi connectivity index (χ1v) is 8.68. The maximum atomic E-state index is 12.6. The van der Waals surface area contributed by atoms with Crippen LogP contribution in [0.2, 0.25) is 5.02 Å². The minimum Gasteiger partial charge on any atom is -0.325 e. The molecule has 1 aliphatic heterocycles. The quantitative estimate of drug-likeness (QED) is 0.893. The number of rotatable bonds is 3. The van der Waals surface area contributed by atoms with E-state index in [0.29, 0.717) is 17.3 Å². The highest BCUT2D eigenvalue weighted by Gasteiger charge is 2.36. The van der Waals surface area contributed by atoms with Gasteiger partial charge in [0.25, 0.3) is 0 Å². The Morgan fingerprint density at radius 2 is 1.80 bits per heavy atom. The molecule has 0 bridgehead atoms. The first-order chi connectivity index (χ1) is 11.9. The third kappa shape index (κ3) is 3.54. The number of nitrogens with one attached hydrogen (secondary N) is 1. The first kappa shape index (κ1) is 17.5. The van der Waals surface area contributed by atoms with E-state index in [-0.39, 0.29) is 24.2 Å². The fourth-order valence-corrected chi connectivity index (χ4v) is 3.47. The van der Waals surface area contributed by atoms with Crippen molar-refractivity contribution in [2.75, 3.05) is 16.8 Å². The van der Waals surface area contributed by atoms with Crippen LogP contribution in [-0.2, 0) is 9.59 Å². The highest BCUT2D eigenvalue weighted by Crippen LogP contribution is 2.31. The molecule has 0 spiro atoms. The number of benzene rings is 2. The van der Waals surface area contributed by atoms with Crippen molar-refractivity contribution in [1.29, 1.82) is 0 Å². The lowest BCUT2D eigenvalue weighted by atomic mass is 10.1. The lowest BCUT2D eigenvalue weighted by Gasteiger charge is -2.21. The van der Waals surface area contributed by atoms with E-state index in [9.17, 15) is 9.59 Å². The van der Waals surface area contributed by atoms with Gasteiger partial charge in [0.15, 0.2) is 0 Å². The molecule has 2 aromatic rings. The molecule has 1 fully saturated rings. The number of para-hydroxylation sites is 1. The van der Waals surface area contributed by atoms with Crippen LogP contribution in [0, 0.1) is 26.7 Å². The number of carbonyl (C=O) groups excluding carboxylic acids is 2. The second kappa shape index (κ2) is 6.89. The molecule has 25 heavy (non-hydrogen) atoms. The van der Waals surface area contributed by atoms with Crippen molar-refractivity contribution < 1.29 is 9.59 Å². The Hall–Kier alpha value is -2.33. The Morgan fingerprint density at radius 3 is 2.48 bits per heavy atom. The number of amides is 2. The van der Waals surface area contributed by atoms with E-state index in [2.05, 4.69) is 5.32 Å². The molecule has 1 N–H and O–H groups in total. The maximum absolute atomic E-state index is 12.6. The Labute approximate surface area is 152 Å². The van der Waals surface area contributed by atoms with Crippen molar-refractivity contribution in [3.63, 3.8) is 0 Å². The van der Waals surface area contributed by atoms with Crippen LogP contribution < -0.4 is 10.2 Å². The van der Waals surface area contributed by atoms with Gasteiger partial charge in [-0.05, 0) is 49.6 Å². The number of hydrogen-bond acceptors (Lipinski definition) is 2. The zero-order valence-electron chi connectivity index (χ0n) is 14.6. The molecular weight excluding hydrogens is 336 g/mol. The average Bonchev–Trinajstić information content (AvgIpc) is 2.93. The van der Waals surface area contributed by atoms with Crippen LogP contribution in [0.4, 0.5) is 11.4 Å². The molecule has 0 saturated carbocycles. The third-order valence-electron chi connectivity index (χ3n) is 4.66. The second-order valence-electron chi connectivity index (χ2n) is 6.59. The van der Waals surface area contributed by atoms with Crippen molar-refractivity contribution in [2.24, 2.45) is 5.92 Å². The van der Waals surface area contributed by atoms with Gasteiger partial charge in [-0.25, -0.2) is 0 Å². The van der Waals surface area contributed by atoms with Crippen molar-refractivity contribution in [3.8, 4) is 0 Å². The monoisotopic (exact) mass is 356 g/mol. The summed E-state index contributed by atoms with van der Waals surface area (Å²) < 4.78 is 0. The molecule has 0 radical (unpaired) electrons. The number of anilines is 2. The summed E-state index contributed by atoms with van der Waals surface area (Å²) in [5.41, 5.74) is 4.63. The van der Waals surface area contributed by atoms with Gasteiger partial charge >= 0.3 is 0 Å². The van der Waals surface area contributed by atoms with Gasteiger partial charge in [-0.3, -0.25) is 9.59 Å². The molecule has 1 saturated heterocycles. The fourth-order valence-electron chi connectivity index (χ4n) is 3.29. The second-order valence-corrected chi connectivity index (χ2v) is 7.03. The first-order valence-electron chi connectivity index (χ1n) is 8.30. The molecule has 0 unspecified atom stereocenters. The molecular formula is C20H21ClN2O2. The van der Waals surface area contributed by atoms with Crippen LogP contribution in [-0.4, -0.2) is 18.4 Å². The van der Waals surface area contributed by atoms with Crippen LogP contribution in [0.15, 0.2) is 36.4 Å². The minimum absolute atomic E-state index is 0.0135. The molecule has 0 aromatic heterocycles. The smallest absolute Gasteiger partial charge is 0.229 e. The highest BCUT2D eigenvalue weighted by molar-refractivity contribution is 6.31. The summed E-state index contributed by atoms with van der Waals surface area (Å²) in [5, 5.41) is 3.48. The average molecular weight is 357 g/mol. The predicted molar refractivity (Wildman–Crippen MR) is 101 cm³/mol. The molecule has 3 rings (SSSR count). The van der Waals surface area contributed by atoms with Crippen LogP contribution in [0.5, 0.6) is 0 Å². The van der Waals surface area contributed by atoms with Gasteiger partial charge in [-0.1, -0.05) is 35.9 Å². The molecule has 5 heteroatoms. The van der Waals surface area contributed by atoms with Crippen molar-refractivity contribution >= 4 is 34.8 Å². The summed E-state index contributed by atoms with van der Waals surface area (Å²) in [6, 6.07) is 11.3. The number of halogens is 1. The lowest BCUT2D eigenvalue weighted by molar-refractivity contribution is -0.122. The Bertz CT molecular complexity index is 827. The maximum Gasteiger partial charge on any atom is 0.229 e. The van der Waals surface area contributed by atoms with Crippen LogP contribution in [0.1, 0.15) is 23.1 Å². The van der Waals surface area contributed by atoms with Crippen molar-refractivity contribution in [3.05, 3.63) is 58.1 Å². The zero-order valence-corrected chi connectivity index (χ0v) is 15.4. The SMILES string of the molecule is Cc1ccc(Cl)cc1NC(=O)[C@@H]1CC(=O)N(c2c(C)cccc2C)C1. The van der Waals surface area contributed by atoms with E-state index in [0.717, 1.165) is 22.4 Å². The van der Waals surface area contributed by atoms with E-state index in [1.54, 1.807) is 17.0 Å². The van der Waals surface area contributed by atoms with E-state index < -0.39 is 0 Å². The molecule has 0 aliphatic carbocycles. The van der Waals surface area contributed by atoms with Crippen LogP contribution >= 0.6 is 11.6 Å². The fraction of sp³-hybridized carbons (Fsp3) is 0.300. The van der Waals surface area contributed by atoms with E-state index in [4.69, 9.17) is 11.6 Å². The molecule has 2 amide bonds. The van der Waals surface area contributed by atoms with Gasteiger partial charge in [-0.2, -0.15) is 0 Å². The summed E-state index contributed by atoms with van der Waals surface area (Å²) in [7, 11) is 0. The Morgan fingerprint density at radius 1 is 1.12 bits per heavy atom. The number of hydrogen-bond donors (Lipinski definition) is 1. The standard InChI is InChI=1S/C20H21ClN2O2/c1-12-7-8-16(21)10-17(12)22-20(25)15-9-18(24)23(11-15)19-13(2)5-4-6-14(19)3/h4-8,10,15H,9,11H2,1-3H3,(H,22,25)/t15-/m1/s1. The van der Waals surface area contributed by atoms with Gasteiger partial charge in [-0.15, -0.1) is 0 Å². The lowest BCUT2D eigenvalue weighted by Crippen LogP contribution is -2.29. The molecule has 2 aromatic carbocycles. The largest absolute Gasteiger partial charge is 0.325 e. The van der Waals surface area contributed by atoms with Crippen LogP contribution in [0.25, 0.3) is 0 Å². The molecule has 1 aliphatic rings. The minimum atomic E-state index is -0.370. The normalized spacial score (nSPS) is 17.0. The van der Waals surface area contributed by atoms with Gasteiger partial charge in [0, 0.05) is 29.4 Å². The summed E-state index contributed by atoms with van der Waals surface area (Å²) in [6.07, 6.45) is 0.221. The number of aryl methyl sites for hydroxylation is 3. The summed E-state index contributed by atoms with van der Waals surface area (Å²) in [6.45, 7) is 6.28. The molecule has 1 atom stereocenters. The van der Waals surface area contributed by atoms with E-state index in [1.807, 2.05) is 45.0 Å². The topological polar surface area (TPSA) is 49.4 Å². The number of carbonyl (C=O) groups is 2. The van der Waals surface area contributed by atoms with E-state index in [1.165, 1.54) is 0 Å². The molecule has 1 heterocycles. The molecule has 130 valence electrons. The van der Waals surface area contributed by atoms with Gasteiger partial charge in [0.2, 0.25) is 11.8 Å². The van der Waals surface area contributed by atoms with Gasteiger partial charge in [0.05, 0.1) is 5.92 Å². The van der Waals surface area contributed by atoms with Gasteiger partial charge < -0.3 is 10.2 Å². The molecule has 4 nitrogen and oxygen atoms in total. The van der Waals surface area contributed by atoms with E-state index >= 15 is 0 Å². The van der Waals surface area contributed by atoms with Crippen molar-refractivity contribution in [1.82, 2.24) is 0 Å². The van der Waals surface area contributed by atoms with Gasteiger partial charge in [0.1, 0.15) is 0 Å². The zero-order chi connectivity index (χ0) is 18.1. The summed E-state index contributed by atoms with van der Waals surface area (Å²) >= 11 is 6.01. The highest BCUT2D eigenvalue weighted by atomic mass is 35.5.